The lowest BCUT2D eigenvalue weighted by Gasteiger charge is -2.24. The Morgan fingerprint density at radius 3 is 2.78 bits per heavy atom. The van der Waals surface area contributed by atoms with Crippen LogP contribution in [0.2, 0.25) is 5.02 Å². The maximum atomic E-state index is 13.4. The number of amides is 1. The molecule has 1 aliphatic carbocycles. The number of nitrogens with zero attached hydrogens (tertiary/aromatic N) is 3. The van der Waals surface area contributed by atoms with Crippen molar-refractivity contribution in [2.75, 3.05) is 13.1 Å². The van der Waals surface area contributed by atoms with Gasteiger partial charge < -0.3 is 10.2 Å². The molecule has 2 aromatic rings. The van der Waals surface area contributed by atoms with Crippen LogP contribution in [0.25, 0.3) is 5.69 Å². The second kappa shape index (κ2) is 6.64. The summed E-state index contributed by atoms with van der Waals surface area (Å²) in [5, 5.41) is 8.98. The first kappa shape index (κ1) is 17.3. The molecule has 2 atom stereocenters. The summed E-state index contributed by atoms with van der Waals surface area (Å²) in [4.78, 5) is 15.4. The largest absolute Gasteiger partial charge is 0.337 e. The number of halogens is 1. The topological polar surface area (TPSA) is 50.2 Å². The first-order valence-electron chi connectivity index (χ1n) is 10.00. The van der Waals surface area contributed by atoms with E-state index < -0.39 is 0 Å². The summed E-state index contributed by atoms with van der Waals surface area (Å²) in [5.41, 5.74) is 3.81. The van der Waals surface area contributed by atoms with Crippen molar-refractivity contribution >= 4 is 17.5 Å². The second-order valence-corrected chi connectivity index (χ2v) is 8.65. The third kappa shape index (κ3) is 3.17. The number of benzene rings is 1. The minimum Gasteiger partial charge on any atom is -0.337 e. The molecule has 1 N–H and O–H groups in total. The Morgan fingerprint density at radius 2 is 2.00 bits per heavy atom. The van der Waals surface area contributed by atoms with Gasteiger partial charge in [0, 0.05) is 36.1 Å². The summed E-state index contributed by atoms with van der Waals surface area (Å²) >= 11 is 6.33. The van der Waals surface area contributed by atoms with Gasteiger partial charge in [0.1, 0.15) is 0 Å². The number of fused-ring (bicyclic) bond motifs is 2. The molecular formula is C21H25ClN4O. The predicted molar refractivity (Wildman–Crippen MR) is 106 cm³/mol. The number of aromatic nitrogens is 2. The molecule has 2 bridgehead atoms. The first-order chi connectivity index (χ1) is 13.1. The van der Waals surface area contributed by atoms with Crippen LogP contribution in [0.15, 0.2) is 24.4 Å². The maximum absolute atomic E-state index is 13.4. The Balaban J connectivity index is 1.48. The lowest BCUT2D eigenvalue weighted by molar-refractivity contribution is 0.0747. The van der Waals surface area contributed by atoms with Gasteiger partial charge in [-0.3, -0.25) is 4.79 Å². The molecule has 3 aliphatic rings. The summed E-state index contributed by atoms with van der Waals surface area (Å²) in [5.74, 6) is 0.559. The van der Waals surface area contributed by atoms with Gasteiger partial charge in [0.05, 0.1) is 23.1 Å². The molecule has 0 spiro atoms. The molecule has 27 heavy (non-hydrogen) atoms. The van der Waals surface area contributed by atoms with Crippen LogP contribution < -0.4 is 5.32 Å². The quantitative estimate of drug-likeness (QED) is 0.878. The highest BCUT2D eigenvalue weighted by molar-refractivity contribution is 6.31. The van der Waals surface area contributed by atoms with Crippen molar-refractivity contribution in [2.45, 2.75) is 57.0 Å². The highest BCUT2D eigenvalue weighted by atomic mass is 35.5. The van der Waals surface area contributed by atoms with Crippen LogP contribution in [0, 0.1) is 6.92 Å². The van der Waals surface area contributed by atoms with E-state index in [1.54, 1.807) is 6.20 Å². The fourth-order valence-corrected chi connectivity index (χ4v) is 4.66. The van der Waals surface area contributed by atoms with E-state index in [1.165, 1.54) is 12.8 Å². The van der Waals surface area contributed by atoms with Crippen LogP contribution in [0.3, 0.4) is 0 Å². The van der Waals surface area contributed by atoms with E-state index >= 15 is 0 Å². The monoisotopic (exact) mass is 384 g/mol. The lowest BCUT2D eigenvalue weighted by Crippen LogP contribution is -2.39. The van der Waals surface area contributed by atoms with E-state index in [-0.39, 0.29) is 5.91 Å². The average molecular weight is 385 g/mol. The van der Waals surface area contributed by atoms with Crippen molar-refractivity contribution in [3.63, 3.8) is 0 Å². The number of carbonyl (C=O) groups excluding carboxylic acids is 1. The highest BCUT2D eigenvalue weighted by Gasteiger charge is 2.36. The summed E-state index contributed by atoms with van der Waals surface area (Å²) in [6.07, 6.45) is 7.47. The van der Waals surface area contributed by atoms with Crippen LogP contribution in [0.5, 0.6) is 0 Å². The number of likely N-dealkylation sites (tertiary alicyclic amines) is 1. The Hall–Kier alpha value is -1.85. The molecule has 2 aliphatic heterocycles. The molecule has 2 saturated heterocycles. The normalized spacial score (nSPS) is 24.9. The van der Waals surface area contributed by atoms with Crippen molar-refractivity contribution < 1.29 is 4.79 Å². The molecule has 1 saturated carbocycles. The molecule has 3 fully saturated rings. The molecule has 2 unspecified atom stereocenters. The Morgan fingerprint density at radius 1 is 1.19 bits per heavy atom. The number of rotatable bonds is 3. The van der Waals surface area contributed by atoms with E-state index in [2.05, 4.69) is 10.4 Å². The van der Waals surface area contributed by atoms with Crippen LogP contribution in [0.1, 0.15) is 59.6 Å². The van der Waals surface area contributed by atoms with Crippen molar-refractivity contribution in [1.29, 1.82) is 0 Å². The summed E-state index contributed by atoms with van der Waals surface area (Å²) in [7, 11) is 0. The van der Waals surface area contributed by atoms with Gasteiger partial charge in [-0.15, -0.1) is 0 Å². The Kier molecular flexibility index (Phi) is 4.25. The molecule has 5 nitrogen and oxygen atoms in total. The van der Waals surface area contributed by atoms with Crippen LogP contribution in [-0.2, 0) is 0 Å². The molecule has 0 radical (unpaired) electrons. The van der Waals surface area contributed by atoms with Crippen LogP contribution in [-0.4, -0.2) is 45.8 Å². The van der Waals surface area contributed by atoms with Gasteiger partial charge in [0.25, 0.3) is 5.91 Å². The van der Waals surface area contributed by atoms with Crippen molar-refractivity contribution in [2.24, 2.45) is 0 Å². The molecule has 5 rings (SSSR count). The van der Waals surface area contributed by atoms with Gasteiger partial charge >= 0.3 is 0 Å². The summed E-state index contributed by atoms with van der Waals surface area (Å²) in [6.45, 7) is 3.63. The molecule has 6 heteroatoms. The molecule has 142 valence electrons. The van der Waals surface area contributed by atoms with E-state index in [0.717, 1.165) is 59.9 Å². The van der Waals surface area contributed by atoms with Gasteiger partial charge in [-0.1, -0.05) is 17.7 Å². The minimum absolute atomic E-state index is 0.135. The summed E-state index contributed by atoms with van der Waals surface area (Å²) in [6, 6.07) is 7.00. The number of nitrogens with one attached hydrogen (secondary N) is 1. The fourth-order valence-electron chi connectivity index (χ4n) is 4.49. The predicted octanol–water partition coefficient (Wildman–Crippen LogP) is 3.68. The van der Waals surface area contributed by atoms with E-state index in [9.17, 15) is 4.79 Å². The zero-order chi connectivity index (χ0) is 18.5. The second-order valence-electron chi connectivity index (χ2n) is 8.24. The standard InChI is InChI=1S/C21H25ClN4O/c1-13-2-7-17(10-19(13)22)26-20(14-3-4-14)18(11-23-26)21(27)25-9-8-15-5-6-16(12-25)24-15/h2,7,10-11,14-16,24H,3-6,8-9,12H2,1H3. The Labute approximate surface area is 164 Å². The molecule has 1 aromatic heterocycles. The highest BCUT2D eigenvalue weighted by Crippen LogP contribution is 2.43. The van der Waals surface area contributed by atoms with Gasteiger partial charge in [0.15, 0.2) is 0 Å². The number of hydrogen-bond donors (Lipinski definition) is 1. The third-order valence-corrected chi connectivity index (χ3v) is 6.62. The SMILES string of the molecule is Cc1ccc(-n2ncc(C(=O)N3CCC4CCC(C3)N4)c2C2CC2)cc1Cl. The molecule has 1 aromatic carbocycles. The van der Waals surface area contributed by atoms with Crippen molar-refractivity contribution in [1.82, 2.24) is 20.0 Å². The number of hydrogen-bond acceptors (Lipinski definition) is 3. The Bertz CT molecular complexity index is 888. The maximum Gasteiger partial charge on any atom is 0.257 e. The molecule has 3 heterocycles. The van der Waals surface area contributed by atoms with Gasteiger partial charge in [0.2, 0.25) is 0 Å². The first-order valence-corrected chi connectivity index (χ1v) is 10.4. The number of carbonyl (C=O) groups is 1. The van der Waals surface area contributed by atoms with E-state index in [4.69, 9.17) is 11.6 Å². The third-order valence-electron chi connectivity index (χ3n) is 6.21. The van der Waals surface area contributed by atoms with Gasteiger partial charge in [-0.2, -0.15) is 5.10 Å². The average Bonchev–Trinajstić information content (AvgIpc) is 3.29. The molecular weight excluding hydrogens is 360 g/mol. The van der Waals surface area contributed by atoms with Gasteiger partial charge in [-0.05, 0) is 56.7 Å². The van der Waals surface area contributed by atoms with E-state index in [0.29, 0.717) is 18.0 Å². The van der Waals surface area contributed by atoms with Crippen LogP contribution >= 0.6 is 11.6 Å². The van der Waals surface area contributed by atoms with Crippen molar-refractivity contribution in [3.8, 4) is 5.69 Å². The van der Waals surface area contributed by atoms with Crippen molar-refractivity contribution in [3.05, 3.63) is 46.2 Å². The lowest BCUT2D eigenvalue weighted by atomic mass is 10.1. The molecule has 1 amide bonds. The minimum atomic E-state index is 0.135. The zero-order valence-electron chi connectivity index (χ0n) is 15.6. The summed E-state index contributed by atoms with van der Waals surface area (Å²) < 4.78 is 1.93. The van der Waals surface area contributed by atoms with Gasteiger partial charge in [-0.25, -0.2) is 4.68 Å². The smallest absolute Gasteiger partial charge is 0.257 e. The number of aryl methyl sites for hydroxylation is 1. The fraction of sp³-hybridized carbons (Fsp3) is 0.524. The zero-order valence-corrected chi connectivity index (χ0v) is 16.4. The van der Waals surface area contributed by atoms with Crippen LogP contribution in [0.4, 0.5) is 0 Å². The van der Waals surface area contributed by atoms with E-state index in [1.807, 2.05) is 34.7 Å².